The lowest BCUT2D eigenvalue weighted by Crippen LogP contribution is -2.48. The summed E-state index contributed by atoms with van der Waals surface area (Å²) in [6.45, 7) is 2.08. The number of likely N-dealkylation sites (tertiary alicyclic amines) is 1. The van der Waals surface area contributed by atoms with Crippen molar-refractivity contribution in [2.45, 2.75) is 26.2 Å². The highest BCUT2D eigenvalue weighted by Gasteiger charge is 2.38. The highest BCUT2D eigenvalue weighted by atomic mass is 32.1. The van der Waals surface area contributed by atoms with Crippen molar-refractivity contribution < 1.29 is 23.5 Å². The van der Waals surface area contributed by atoms with Crippen molar-refractivity contribution in [1.82, 2.24) is 4.90 Å². The molecular formula is C20H21F2NO3S. The first-order valence-corrected chi connectivity index (χ1v) is 9.60. The Hall–Kier alpha value is -2.12. The van der Waals surface area contributed by atoms with E-state index in [9.17, 15) is 23.5 Å². The van der Waals surface area contributed by atoms with Gasteiger partial charge in [0.15, 0.2) is 5.78 Å². The number of nitrogens with zero attached hydrogens (tertiary/aromatic N) is 1. The first-order chi connectivity index (χ1) is 12.8. The number of thiophene rings is 1. The zero-order valence-electron chi connectivity index (χ0n) is 15.0. The van der Waals surface area contributed by atoms with Crippen molar-refractivity contribution in [2.24, 2.45) is 5.41 Å². The van der Waals surface area contributed by atoms with Crippen molar-refractivity contribution in [3.63, 3.8) is 0 Å². The highest BCUT2D eigenvalue weighted by molar-refractivity contribution is 7.15. The van der Waals surface area contributed by atoms with E-state index < -0.39 is 17.0 Å². The van der Waals surface area contributed by atoms with Crippen molar-refractivity contribution in [2.75, 3.05) is 19.7 Å². The largest absolute Gasteiger partial charge is 0.396 e. The predicted molar refractivity (Wildman–Crippen MR) is 99.0 cm³/mol. The van der Waals surface area contributed by atoms with Gasteiger partial charge in [-0.2, -0.15) is 0 Å². The number of carbonyl (C=O) groups excluding carboxylic acids is 2. The van der Waals surface area contributed by atoms with Gasteiger partial charge in [0.2, 0.25) is 0 Å². The van der Waals surface area contributed by atoms with Gasteiger partial charge in [-0.25, -0.2) is 8.78 Å². The van der Waals surface area contributed by atoms with Crippen molar-refractivity contribution in [1.29, 1.82) is 0 Å². The molecule has 1 aliphatic rings. The molecule has 144 valence electrons. The summed E-state index contributed by atoms with van der Waals surface area (Å²) in [4.78, 5) is 26.9. The van der Waals surface area contributed by atoms with E-state index in [1.807, 2.05) is 0 Å². The molecule has 2 heterocycles. The minimum absolute atomic E-state index is 0.0887. The molecule has 0 saturated carbocycles. The van der Waals surface area contributed by atoms with E-state index >= 15 is 0 Å². The summed E-state index contributed by atoms with van der Waals surface area (Å²) < 4.78 is 27.2. The van der Waals surface area contributed by atoms with Crippen LogP contribution in [-0.2, 0) is 6.42 Å². The number of carbonyl (C=O) groups is 2. The molecule has 7 heteroatoms. The molecule has 0 spiro atoms. The molecule has 1 aromatic heterocycles. The zero-order valence-corrected chi connectivity index (χ0v) is 15.8. The van der Waals surface area contributed by atoms with Gasteiger partial charge in [-0.1, -0.05) is 6.07 Å². The van der Waals surface area contributed by atoms with E-state index in [2.05, 4.69) is 0 Å². The monoisotopic (exact) mass is 393 g/mol. The van der Waals surface area contributed by atoms with Crippen molar-refractivity contribution in [3.05, 3.63) is 57.3 Å². The Kier molecular flexibility index (Phi) is 5.72. The number of amides is 1. The highest BCUT2D eigenvalue weighted by Crippen LogP contribution is 2.35. The summed E-state index contributed by atoms with van der Waals surface area (Å²) >= 11 is 1.15. The third-order valence-electron chi connectivity index (χ3n) is 5.03. The fourth-order valence-corrected chi connectivity index (χ4v) is 4.45. The number of hydrogen-bond donors (Lipinski definition) is 1. The Bertz CT molecular complexity index is 867. The van der Waals surface area contributed by atoms with Crippen LogP contribution in [0.3, 0.4) is 0 Å². The number of hydrogen-bond acceptors (Lipinski definition) is 4. The maximum atomic E-state index is 14.1. The number of ketones is 1. The molecule has 27 heavy (non-hydrogen) atoms. The maximum Gasteiger partial charge on any atom is 0.263 e. The lowest BCUT2D eigenvalue weighted by molar-refractivity contribution is 0.0271. The second kappa shape index (κ2) is 7.86. The van der Waals surface area contributed by atoms with Gasteiger partial charge in [0.1, 0.15) is 11.6 Å². The van der Waals surface area contributed by atoms with E-state index in [0.29, 0.717) is 34.7 Å². The van der Waals surface area contributed by atoms with Gasteiger partial charge in [-0.05, 0) is 49.9 Å². The summed E-state index contributed by atoms with van der Waals surface area (Å²) in [5.74, 6) is -1.57. The molecular weight excluding hydrogens is 372 g/mol. The van der Waals surface area contributed by atoms with Gasteiger partial charge in [0, 0.05) is 24.6 Å². The van der Waals surface area contributed by atoms with Gasteiger partial charge in [0.25, 0.3) is 5.91 Å². The Balaban J connectivity index is 1.79. The van der Waals surface area contributed by atoms with E-state index in [0.717, 1.165) is 17.4 Å². The standard InChI is InChI=1S/C20H21F2NO3S/c1-13(25)17-5-6-18(27-17)19(26)23-8-2-7-20(11-23,12-24)10-14-3-4-15(21)9-16(14)22/h3-6,9,24H,2,7-8,10-12H2,1H3. The van der Waals surface area contributed by atoms with Crippen LogP contribution in [0.1, 0.15) is 44.7 Å². The molecule has 2 aromatic rings. The third kappa shape index (κ3) is 4.25. The number of aliphatic hydroxyl groups excluding tert-OH is 1. The second-order valence-electron chi connectivity index (χ2n) is 7.12. The minimum Gasteiger partial charge on any atom is -0.396 e. The molecule has 1 aromatic carbocycles. The lowest BCUT2D eigenvalue weighted by Gasteiger charge is -2.42. The fourth-order valence-electron chi connectivity index (χ4n) is 3.58. The summed E-state index contributed by atoms with van der Waals surface area (Å²) in [6.07, 6.45) is 1.55. The average molecular weight is 393 g/mol. The molecule has 0 radical (unpaired) electrons. The van der Waals surface area contributed by atoms with Crippen LogP contribution < -0.4 is 0 Å². The minimum atomic E-state index is -0.673. The Morgan fingerprint density at radius 3 is 2.59 bits per heavy atom. The predicted octanol–water partition coefficient (Wildman–Crippen LogP) is 3.69. The van der Waals surface area contributed by atoms with E-state index in [1.165, 1.54) is 19.1 Å². The molecule has 4 nitrogen and oxygen atoms in total. The first-order valence-electron chi connectivity index (χ1n) is 8.78. The molecule has 1 amide bonds. The molecule has 1 saturated heterocycles. The van der Waals surface area contributed by atoms with Gasteiger partial charge in [0.05, 0.1) is 16.4 Å². The van der Waals surface area contributed by atoms with E-state index in [4.69, 9.17) is 0 Å². The smallest absolute Gasteiger partial charge is 0.263 e. The van der Waals surface area contributed by atoms with Crippen LogP contribution in [0.4, 0.5) is 8.78 Å². The molecule has 1 fully saturated rings. The molecule has 1 atom stereocenters. The van der Waals surface area contributed by atoms with Gasteiger partial charge in [-0.15, -0.1) is 11.3 Å². The number of halogens is 2. The van der Waals surface area contributed by atoms with Crippen molar-refractivity contribution >= 4 is 23.0 Å². The molecule has 1 N–H and O–H groups in total. The maximum absolute atomic E-state index is 14.1. The topological polar surface area (TPSA) is 57.6 Å². The van der Waals surface area contributed by atoms with Gasteiger partial charge >= 0.3 is 0 Å². The fraction of sp³-hybridized carbons (Fsp3) is 0.400. The first kappa shape index (κ1) is 19.6. The van der Waals surface area contributed by atoms with E-state index in [1.54, 1.807) is 17.0 Å². The molecule has 1 unspecified atom stereocenters. The number of benzene rings is 1. The number of aliphatic hydroxyl groups is 1. The van der Waals surface area contributed by atoms with Crippen LogP contribution in [0, 0.1) is 17.0 Å². The summed E-state index contributed by atoms with van der Waals surface area (Å²) in [6, 6.07) is 6.70. The summed E-state index contributed by atoms with van der Waals surface area (Å²) in [5, 5.41) is 10.0. The normalized spacial score (nSPS) is 19.9. The second-order valence-corrected chi connectivity index (χ2v) is 8.20. The zero-order chi connectivity index (χ0) is 19.6. The lowest BCUT2D eigenvalue weighted by atomic mass is 9.75. The molecule has 3 rings (SSSR count). The van der Waals surface area contributed by atoms with Crippen molar-refractivity contribution in [3.8, 4) is 0 Å². The Morgan fingerprint density at radius 2 is 1.96 bits per heavy atom. The summed E-state index contributed by atoms with van der Waals surface area (Å²) in [5.41, 5.74) is -0.345. The number of Topliss-reactive ketones (excluding diaryl/α,β-unsaturated/α-hetero) is 1. The molecule has 1 aliphatic heterocycles. The van der Waals surface area contributed by atoms with Gasteiger partial charge < -0.3 is 10.0 Å². The van der Waals surface area contributed by atoms with Crippen LogP contribution in [0.25, 0.3) is 0 Å². The average Bonchev–Trinajstić information content (AvgIpc) is 3.14. The van der Waals surface area contributed by atoms with Gasteiger partial charge in [-0.3, -0.25) is 9.59 Å². The van der Waals surface area contributed by atoms with Crippen LogP contribution >= 0.6 is 11.3 Å². The molecule has 0 aliphatic carbocycles. The van der Waals surface area contributed by atoms with Crippen LogP contribution in [0.15, 0.2) is 30.3 Å². The SMILES string of the molecule is CC(=O)c1ccc(C(=O)N2CCCC(CO)(Cc3ccc(F)cc3F)C2)s1. The number of piperidine rings is 1. The summed E-state index contributed by atoms with van der Waals surface area (Å²) in [7, 11) is 0. The molecule has 0 bridgehead atoms. The Morgan fingerprint density at radius 1 is 1.22 bits per heavy atom. The number of rotatable bonds is 5. The van der Waals surface area contributed by atoms with Crippen LogP contribution in [-0.4, -0.2) is 41.4 Å². The van der Waals surface area contributed by atoms with Crippen LogP contribution in [0.2, 0.25) is 0 Å². The Labute approximate surface area is 160 Å². The third-order valence-corrected chi connectivity index (χ3v) is 6.20. The quantitative estimate of drug-likeness (QED) is 0.789. The van der Waals surface area contributed by atoms with E-state index in [-0.39, 0.29) is 31.3 Å². The van der Waals surface area contributed by atoms with Crippen LogP contribution in [0.5, 0.6) is 0 Å².